The maximum atomic E-state index is 5.92. The number of hydrogen-bond acceptors (Lipinski definition) is 3. The molecule has 0 fully saturated rings. The highest BCUT2D eigenvalue weighted by atomic mass is 127. The monoisotopic (exact) mass is 455 g/mol. The normalized spacial score (nSPS) is 11.4. The van der Waals surface area contributed by atoms with Gasteiger partial charge in [0, 0.05) is 27.8 Å². The van der Waals surface area contributed by atoms with E-state index in [1.807, 2.05) is 18.2 Å². The summed E-state index contributed by atoms with van der Waals surface area (Å²) in [6, 6.07) is 12.4. The van der Waals surface area contributed by atoms with Gasteiger partial charge < -0.3 is 15.1 Å². The summed E-state index contributed by atoms with van der Waals surface area (Å²) in [5.74, 6) is 1.72. The van der Waals surface area contributed by atoms with Gasteiger partial charge in [-0.05, 0) is 32.0 Å². The summed E-state index contributed by atoms with van der Waals surface area (Å²) in [5, 5.41) is 7.81. The van der Waals surface area contributed by atoms with E-state index in [4.69, 9.17) is 4.42 Å². The first-order valence-corrected chi connectivity index (χ1v) is 8.46. The molecule has 3 aromatic rings. The molecule has 1 aromatic carbocycles. The first-order valence-electron chi connectivity index (χ1n) is 7.64. The smallest absolute Gasteiger partial charge is 0.191 e. The number of guanidine groups is 1. The molecule has 0 aliphatic heterocycles. The molecule has 24 heavy (non-hydrogen) atoms. The van der Waals surface area contributed by atoms with E-state index in [9.17, 15) is 0 Å². The number of thiophene rings is 1. The van der Waals surface area contributed by atoms with Gasteiger partial charge in [-0.3, -0.25) is 4.99 Å². The van der Waals surface area contributed by atoms with Crippen molar-refractivity contribution in [1.82, 2.24) is 10.6 Å². The van der Waals surface area contributed by atoms with Crippen LogP contribution in [0, 0.1) is 13.8 Å². The second kappa shape index (κ2) is 8.53. The minimum atomic E-state index is 0. The summed E-state index contributed by atoms with van der Waals surface area (Å²) >= 11 is 1.80. The first kappa shape index (κ1) is 18.8. The zero-order valence-electron chi connectivity index (χ0n) is 14.1. The predicted octanol–water partition coefficient (Wildman–Crippen LogP) is 4.59. The number of aliphatic imine (C=N–C) groups is 1. The van der Waals surface area contributed by atoms with Crippen LogP contribution in [0.5, 0.6) is 0 Å². The Kier molecular flexibility index (Phi) is 6.68. The van der Waals surface area contributed by atoms with Crippen LogP contribution < -0.4 is 10.6 Å². The lowest BCUT2D eigenvalue weighted by molar-refractivity contribution is 0.534. The van der Waals surface area contributed by atoms with Crippen LogP contribution >= 0.6 is 35.3 Å². The molecular weight excluding hydrogens is 433 g/mol. The van der Waals surface area contributed by atoms with Crippen LogP contribution in [-0.4, -0.2) is 13.0 Å². The average Bonchev–Trinajstić information content (AvgIpc) is 3.12. The number of halogens is 1. The molecule has 0 spiro atoms. The Morgan fingerprint density at radius 1 is 1.08 bits per heavy atom. The van der Waals surface area contributed by atoms with Gasteiger partial charge in [0.2, 0.25) is 0 Å². The van der Waals surface area contributed by atoms with Crippen molar-refractivity contribution in [2.24, 2.45) is 4.99 Å². The highest BCUT2D eigenvalue weighted by molar-refractivity contribution is 14.0. The summed E-state index contributed by atoms with van der Waals surface area (Å²) in [6.07, 6.45) is 0. The molecule has 0 bridgehead atoms. The number of nitrogens with zero attached hydrogens (tertiary/aromatic N) is 1. The molecule has 0 aliphatic rings. The van der Waals surface area contributed by atoms with E-state index < -0.39 is 0 Å². The van der Waals surface area contributed by atoms with Crippen molar-refractivity contribution < 1.29 is 4.42 Å². The molecule has 3 rings (SSSR count). The minimum absolute atomic E-state index is 0. The van der Waals surface area contributed by atoms with Gasteiger partial charge in [-0.2, -0.15) is 0 Å². The average molecular weight is 455 g/mol. The second-order valence-corrected chi connectivity index (χ2v) is 6.81. The van der Waals surface area contributed by atoms with E-state index >= 15 is 0 Å². The molecule has 0 atom stereocenters. The van der Waals surface area contributed by atoms with E-state index in [1.165, 1.54) is 20.7 Å². The third-order valence-electron chi connectivity index (χ3n) is 3.81. The Bertz CT molecular complexity index is 838. The number of para-hydroxylation sites is 1. The first-order chi connectivity index (χ1) is 11.2. The largest absolute Gasteiger partial charge is 0.459 e. The quantitative estimate of drug-likeness (QED) is 0.344. The van der Waals surface area contributed by atoms with Gasteiger partial charge in [0.1, 0.15) is 11.3 Å². The second-order valence-electron chi connectivity index (χ2n) is 5.44. The maximum Gasteiger partial charge on any atom is 0.191 e. The molecule has 0 radical (unpaired) electrons. The topological polar surface area (TPSA) is 49.6 Å². The predicted molar refractivity (Wildman–Crippen MR) is 112 cm³/mol. The summed E-state index contributed by atoms with van der Waals surface area (Å²) < 4.78 is 5.92. The third kappa shape index (κ3) is 4.30. The van der Waals surface area contributed by atoms with Gasteiger partial charge in [-0.1, -0.05) is 18.2 Å². The molecule has 0 saturated carbocycles. The summed E-state index contributed by atoms with van der Waals surface area (Å²) in [6.45, 7) is 5.60. The molecule has 2 heterocycles. The van der Waals surface area contributed by atoms with Crippen molar-refractivity contribution in [3.05, 3.63) is 57.5 Å². The van der Waals surface area contributed by atoms with Crippen LogP contribution in [0.1, 0.15) is 21.1 Å². The van der Waals surface area contributed by atoms with Crippen molar-refractivity contribution in [2.45, 2.75) is 26.9 Å². The van der Waals surface area contributed by atoms with E-state index in [0.29, 0.717) is 6.54 Å². The third-order valence-corrected chi connectivity index (χ3v) is 4.81. The lowest BCUT2D eigenvalue weighted by atomic mass is 10.1. The zero-order chi connectivity index (χ0) is 16.2. The maximum absolute atomic E-state index is 5.92. The van der Waals surface area contributed by atoms with Gasteiger partial charge in [0.05, 0.1) is 13.1 Å². The van der Waals surface area contributed by atoms with Crippen molar-refractivity contribution in [2.75, 3.05) is 7.05 Å². The summed E-state index contributed by atoms with van der Waals surface area (Å²) in [5.41, 5.74) is 2.11. The molecule has 2 aromatic heterocycles. The van der Waals surface area contributed by atoms with Crippen LogP contribution in [0.3, 0.4) is 0 Å². The van der Waals surface area contributed by atoms with E-state index in [0.717, 1.165) is 23.8 Å². The number of aryl methyl sites for hydroxylation is 2. The molecule has 4 nitrogen and oxygen atoms in total. The molecular formula is C18H22IN3OS. The number of furan rings is 1. The van der Waals surface area contributed by atoms with E-state index in [2.05, 4.69) is 47.7 Å². The molecule has 2 N–H and O–H groups in total. The molecule has 0 saturated heterocycles. The van der Waals surface area contributed by atoms with Crippen LogP contribution in [0.15, 0.2) is 45.8 Å². The number of nitrogens with one attached hydrogen (secondary N) is 2. The molecule has 0 amide bonds. The highest BCUT2D eigenvalue weighted by Crippen LogP contribution is 2.24. The van der Waals surface area contributed by atoms with Gasteiger partial charge in [-0.15, -0.1) is 35.3 Å². The van der Waals surface area contributed by atoms with Gasteiger partial charge in [0.15, 0.2) is 5.96 Å². The number of hydrogen-bond donors (Lipinski definition) is 2. The van der Waals surface area contributed by atoms with Crippen LogP contribution in [-0.2, 0) is 13.1 Å². The van der Waals surface area contributed by atoms with Gasteiger partial charge in [-0.25, -0.2) is 0 Å². The van der Waals surface area contributed by atoms with Crippen LogP contribution in [0.2, 0.25) is 0 Å². The zero-order valence-corrected chi connectivity index (χ0v) is 17.2. The fraction of sp³-hybridized carbons (Fsp3) is 0.278. The number of fused-ring (bicyclic) bond motifs is 1. The van der Waals surface area contributed by atoms with Crippen LogP contribution in [0.25, 0.3) is 11.0 Å². The summed E-state index contributed by atoms with van der Waals surface area (Å²) in [7, 11) is 1.78. The number of benzene rings is 1. The minimum Gasteiger partial charge on any atom is -0.459 e. The Labute approximate surface area is 163 Å². The fourth-order valence-corrected chi connectivity index (χ4v) is 3.36. The number of rotatable bonds is 4. The Hall–Kier alpha value is -1.54. The van der Waals surface area contributed by atoms with Gasteiger partial charge in [0.25, 0.3) is 0 Å². The molecule has 0 aliphatic carbocycles. The molecule has 0 unspecified atom stereocenters. The molecule has 6 heteroatoms. The van der Waals surface area contributed by atoms with Crippen molar-refractivity contribution in [3.8, 4) is 0 Å². The SMILES string of the molecule is CN=C(NCc1ccc(C)s1)NCc1oc2ccccc2c1C.I. The lowest BCUT2D eigenvalue weighted by Crippen LogP contribution is -2.36. The van der Waals surface area contributed by atoms with Gasteiger partial charge >= 0.3 is 0 Å². The van der Waals surface area contributed by atoms with Crippen LogP contribution in [0.4, 0.5) is 0 Å². The van der Waals surface area contributed by atoms with Crippen molar-refractivity contribution in [1.29, 1.82) is 0 Å². The Balaban J connectivity index is 0.00000208. The van der Waals surface area contributed by atoms with Crippen molar-refractivity contribution in [3.63, 3.8) is 0 Å². The van der Waals surface area contributed by atoms with E-state index in [-0.39, 0.29) is 24.0 Å². The van der Waals surface area contributed by atoms with Crippen molar-refractivity contribution >= 4 is 52.2 Å². The Morgan fingerprint density at radius 2 is 1.83 bits per heavy atom. The lowest BCUT2D eigenvalue weighted by Gasteiger charge is -2.10. The van der Waals surface area contributed by atoms with E-state index in [1.54, 1.807) is 18.4 Å². The Morgan fingerprint density at radius 3 is 2.50 bits per heavy atom. The summed E-state index contributed by atoms with van der Waals surface area (Å²) in [4.78, 5) is 6.88. The standard InChI is InChI=1S/C18H21N3OS.HI/c1-12-8-9-14(23-12)10-20-18(19-3)21-11-17-13(2)15-6-4-5-7-16(15)22-17;/h4-9H,10-11H2,1-3H3,(H2,19,20,21);1H. The molecule has 128 valence electrons. The highest BCUT2D eigenvalue weighted by Gasteiger charge is 2.10. The fourth-order valence-electron chi connectivity index (χ4n) is 2.53.